The maximum absolute atomic E-state index is 14.4. The molecule has 0 aliphatic rings. The highest BCUT2D eigenvalue weighted by Crippen LogP contribution is 2.28. The highest BCUT2D eigenvalue weighted by Gasteiger charge is 2.19. The molecule has 0 amide bonds. The molecule has 2 rings (SSSR count). The summed E-state index contributed by atoms with van der Waals surface area (Å²) in [5, 5.41) is 4.10. The minimum absolute atomic E-state index is 0.0736. The largest absolute Gasteiger partial charge is 0.310 e. The van der Waals surface area contributed by atoms with Crippen LogP contribution < -0.4 is 5.32 Å². The molecule has 112 valence electrons. The van der Waals surface area contributed by atoms with Crippen LogP contribution in [0, 0.1) is 19.7 Å². The Bertz CT molecular complexity index is 601. The molecule has 0 saturated carbocycles. The molecule has 2 aromatic rings. The molecule has 0 heterocycles. The maximum Gasteiger partial charge on any atom is 0.128 e. The summed E-state index contributed by atoms with van der Waals surface area (Å²) in [7, 11) is 0. The SMILES string of the molecule is CCNC(Cc1ccccc1Cl)c1c(C)cc(C)cc1F. The molecule has 0 radical (unpaired) electrons. The van der Waals surface area contributed by atoms with Gasteiger partial charge in [0.15, 0.2) is 0 Å². The molecule has 0 aliphatic heterocycles. The molecular formula is C18H21ClFN. The third-order valence-corrected chi connectivity index (χ3v) is 4.03. The normalized spacial score (nSPS) is 12.4. The Labute approximate surface area is 131 Å². The van der Waals surface area contributed by atoms with E-state index in [0.29, 0.717) is 6.42 Å². The number of hydrogen-bond donors (Lipinski definition) is 1. The van der Waals surface area contributed by atoms with Gasteiger partial charge >= 0.3 is 0 Å². The van der Waals surface area contributed by atoms with Crippen LogP contribution in [0.2, 0.25) is 5.02 Å². The fourth-order valence-corrected chi connectivity index (χ4v) is 2.99. The van der Waals surface area contributed by atoms with Gasteiger partial charge in [0.25, 0.3) is 0 Å². The Hall–Kier alpha value is -1.38. The topological polar surface area (TPSA) is 12.0 Å². The van der Waals surface area contributed by atoms with E-state index >= 15 is 0 Å². The lowest BCUT2D eigenvalue weighted by molar-refractivity contribution is 0.507. The van der Waals surface area contributed by atoms with Crippen LogP contribution >= 0.6 is 11.6 Å². The van der Waals surface area contributed by atoms with E-state index in [1.807, 2.05) is 51.1 Å². The third kappa shape index (κ3) is 3.84. The first kappa shape index (κ1) is 16.0. The maximum atomic E-state index is 14.4. The fraction of sp³-hybridized carbons (Fsp3) is 0.333. The molecule has 1 atom stereocenters. The molecule has 0 saturated heterocycles. The summed E-state index contributed by atoms with van der Waals surface area (Å²) in [6.45, 7) is 6.68. The van der Waals surface area contributed by atoms with Crippen LogP contribution in [-0.2, 0) is 6.42 Å². The first-order valence-electron chi connectivity index (χ1n) is 7.26. The van der Waals surface area contributed by atoms with E-state index in [1.54, 1.807) is 6.07 Å². The zero-order chi connectivity index (χ0) is 15.4. The van der Waals surface area contributed by atoms with Crippen LogP contribution in [0.3, 0.4) is 0 Å². The van der Waals surface area contributed by atoms with E-state index in [9.17, 15) is 4.39 Å². The molecule has 21 heavy (non-hydrogen) atoms. The fourth-order valence-electron chi connectivity index (χ4n) is 2.77. The van der Waals surface area contributed by atoms with Crippen LogP contribution in [0.5, 0.6) is 0 Å². The molecule has 1 nitrogen and oxygen atoms in total. The first-order chi connectivity index (χ1) is 10.0. The highest BCUT2D eigenvalue weighted by atomic mass is 35.5. The number of aryl methyl sites for hydroxylation is 2. The molecule has 0 aliphatic carbocycles. The minimum atomic E-state index is -0.148. The van der Waals surface area contributed by atoms with Crippen molar-refractivity contribution in [2.75, 3.05) is 6.54 Å². The van der Waals surface area contributed by atoms with Gasteiger partial charge in [-0.1, -0.05) is 42.8 Å². The number of nitrogens with one attached hydrogen (secondary N) is 1. The molecule has 1 N–H and O–H groups in total. The second kappa shape index (κ2) is 7.06. The Morgan fingerprint density at radius 1 is 1.19 bits per heavy atom. The van der Waals surface area contributed by atoms with Gasteiger partial charge in [0.05, 0.1) is 0 Å². The van der Waals surface area contributed by atoms with Crippen molar-refractivity contribution in [1.29, 1.82) is 0 Å². The van der Waals surface area contributed by atoms with Crippen molar-refractivity contribution >= 4 is 11.6 Å². The van der Waals surface area contributed by atoms with Gasteiger partial charge in [0.2, 0.25) is 0 Å². The molecular weight excluding hydrogens is 285 g/mol. The molecule has 1 unspecified atom stereocenters. The number of benzene rings is 2. The Morgan fingerprint density at radius 2 is 1.90 bits per heavy atom. The number of likely N-dealkylation sites (N-methyl/N-ethyl adjacent to an activating group) is 1. The molecule has 0 bridgehead atoms. The van der Waals surface area contributed by atoms with Crippen molar-refractivity contribution < 1.29 is 4.39 Å². The minimum Gasteiger partial charge on any atom is -0.310 e. The van der Waals surface area contributed by atoms with Crippen molar-refractivity contribution in [1.82, 2.24) is 5.32 Å². The number of hydrogen-bond acceptors (Lipinski definition) is 1. The van der Waals surface area contributed by atoms with Gasteiger partial charge in [-0.3, -0.25) is 0 Å². The van der Waals surface area contributed by atoms with Gasteiger partial charge in [0, 0.05) is 16.6 Å². The number of halogens is 2. The van der Waals surface area contributed by atoms with Gasteiger partial charge in [-0.15, -0.1) is 0 Å². The summed E-state index contributed by atoms with van der Waals surface area (Å²) in [6, 6.07) is 11.3. The predicted octanol–water partition coefficient (Wildman–Crippen LogP) is 4.99. The van der Waals surface area contributed by atoms with E-state index in [2.05, 4.69) is 5.32 Å². The molecule has 2 aromatic carbocycles. The van der Waals surface area contributed by atoms with Gasteiger partial charge < -0.3 is 5.32 Å². The van der Waals surface area contributed by atoms with Gasteiger partial charge in [-0.2, -0.15) is 0 Å². The van der Waals surface area contributed by atoms with Crippen molar-refractivity contribution in [2.45, 2.75) is 33.2 Å². The summed E-state index contributed by atoms with van der Waals surface area (Å²) in [5.74, 6) is -0.148. The number of rotatable bonds is 5. The second-order valence-electron chi connectivity index (χ2n) is 5.38. The van der Waals surface area contributed by atoms with Gasteiger partial charge in [-0.05, 0) is 55.6 Å². The lowest BCUT2D eigenvalue weighted by atomic mass is 9.93. The zero-order valence-electron chi connectivity index (χ0n) is 12.7. The summed E-state index contributed by atoms with van der Waals surface area (Å²) >= 11 is 6.24. The Balaban J connectivity index is 2.38. The third-order valence-electron chi connectivity index (χ3n) is 3.66. The summed E-state index contributed by atoms with van der Waals surface area (Å²) in [6.07, 6.45) is 0.675. The molecule has 0 fully saturated rings. The van der Waals surface area contributed by atoms with Crippen molar-refractivity contribution in [2.24, 2.45) is 0 Å². The molecule has 3 heteroatoms. The van der Waals surface area contributed by atoms with Crippen LogP contribution in [-0.4, -0.2) is 6.54 Å². The van der Waals surface area contributed by atoms with Crippen LogP contribution in [0.25, 0.3) is 0 Å². The van der Waals surface area contributed by atoms with E-state index in [0.717, 1.165) is 33.8 Å². The Kier molecular flexibility index (Phi) is 5.38. The van der Waals surface area contributed by atoms with Crippen LogP contribution in [0.4, 0.5) is 4.39 Å². The average Bonchev–Trinajstić information content (AvgIpc) is 2.40. The first-order valence-corrected chi connectivity index (χ1v) is 7.64. The van der Waals surface area contributed by atoms with Gasteiger partial charge in [0.1, 0.15) is 5.82 Å². The second-order valence-corrected chi connectivity index (χ2v) is 5.79. The Morgan fingerprint density at radius 3 is 2.52 bits per heavy atom. The monoisotopic (exact) mass is 305 g/mol. The summed E-state index contributed by atoms with van der Waals surface area (Å²) in [4.78, 5) is 0. The smallest absolute Gasteiger partial charge is 0.128 e. The van der Waals surface area contributed by atoms with E-state index in [1.165, 1.54) is 0 Å². The predicted molar refractivity (Wildman–Crippen MR) is 87.4 cm³/mol. The lowest BCUT2D eigenvalue weighted by Gasteiger charge is -2.22. The van der Waals surface area contributed by atoms with Gasteiger partial charge in [-0.25, -0.2) is 4.39 Å². The zero-order valence-corrected chi connectivity index (χ0v) is 13.5. The summed E-state index contributed by atoms with van der Waals surface area (Å²) in [5.41, 5.74) is 3.69. The summed E-state index contributed by atoms with van der Waals surface area (Å²) < 4.78 is 14.4. The highest BCUT2D eigenvalue weighted by molar-refractivity contribution is 6.31. The molecule has 0 spiro atoms. The lowest BCUT2D eigenvalue weighted by Crippen LogP contribution is -2.25. The quantitative estimate of drug-likeness (QED) is 0.820. The van der Waals surface area contributed by atoms with Crippen LogP contribution in [0.15, 0.2) is 36.4 Å². The van der Waals surface area contributed by atoms with Crippen molar-refractivity contribution in [3.05, 3.63) is 69.5 Å². The van der Waals surface area contributed by atoms with E-state index in [4.69, 9.17) is 11.6 Å². The standard InChI is InChI=1S/C18H21ClFN/c1-4-21-17(11-14-7-5-6-8-15(14)19)18-13(3)9-12(2)10-16(18)20/h5-10,17,21H,4,11H2,1-3H3. The molecule has 0 aromatic heterocycles. The van der Waals surface area contributed by atoms with E-state index < -0.39 is 0 Å². The van der Waals surface area contributed by atoms with Crippen molar-refractivity contribution in [3.63, 3.8) is 0 Å². The van der Waals surface area contributed by atoms with Crippen LogP contribution in [0.1, 0.15) is 35.2 Å². The average molecular weight is 306 g/mol. The van der Waals surface area contributed by atoms with E-state index in [-0.39, 0.29) is 11.9 Å². The van der Waals surface area contributed by atoms with Crippen molar-refractivity contribution in [3.8, 4) is 0 Å².